The largest absolute Gasteiger partial charge is 0.416 e. The van der Waals surface area contributed by atoms with E-state index in [1.54, 1.807) is 24.1 Å². The van der Waals surface area contributed by atoms with Crippen LogP contribution in [0.5, 0.6) is 0 Å². The zero-order valence-corrected chi connectivity index (χ0v) is 12.6. The first-order chi connectivity index (χ1) is 11.2. The molecule has 1 atom stereocenters. The number of alkyl halides is 3. The molecule has 0 bridgehead atoms. The molecule has 0 aliphatic heterocycles. The molecule has 0 saturated carbocycles. The van der Waals surface area contributed by atoms with Crippen LogP contribution < -0.4 is 5.32 Å². The molecule has 1 unspecified atom stereocenters. The average molecular weight is 344 g/mol. The lowest BCUT2D eigenvalue weighted by molar-refractivity contribution is -0.384. The molecular formula is C14H15F3N4O3. The smallest absolute Gasteiger partial charge is 0.394 e. The predicted octanol–water partition coefficient (Wildman–Crippen LogP) is 2.36. The first kappa shape index (κ1) is 17.7. The first-order valence-electron chi connectivity index (χ1n) is 6.91. The number of halogens is 3. The van der Waals surface area contributed by atoms with E-state index in [0.29, 0.717) is 12.5 Å². The van der Waals surface area contributed by atoms with Gasteiger partial charge in [0, 0.05) is 19.3 Å². The highest BCUT2D eigenvalue weighted by atomic mass is 19.4. The Kier molecular flexibility index (Phi) is 5.07. The second kappa shape index (κ2) is 6.87. The van der Waals surface area contributed by atoms with Crippen LogP contribution >= 0.6 is 0 Å². The number of aliphatic hydroxyl groups excluding tert-OH is 1. The highest BCUT2D eigenvalue weighted by Gasteiger charge is 2.33. The van der Waals surface area contributed by atoms with E-state index in [4.69, 9.17) is 0 Å². The summed E-state index contributed by atoms with van der Waals surface area (Å²) in [4.78, 5) is 10.2. The molecule has 2 N–H and O–H groups in total. The standard InChI is InChI=1S/C14H15F3N4O3/c1-20-7-9(6-18-20)4-11(8-22)19-12-3-2-10(14(15,16)17)5-13(12)21(23)24/h2-3,5-7,11,19,22H,4,8H2,1H3. The average Bonchev–Trinajstić information content (AvgIpc) is 2.90. The van der Waals surface area contributed by atoms with E-state index < -0.39 is 28.4 Å². The lowest BCUT2D eigenvalue weighted by Gasteiger charge is -2.17. The summed E-state index contributed by atoms with van der Waals surface area (Å²) >= 11 is 0. The number of anilines is 1. The maximum atomic E-state index is 12.7. The highest BCUT2D eigenvalue weighted by Crippen LogP contribution is 2.35. The Morgan fingerprint density at radius 3 is 2.67 bits per heavy atom. The molecule has 2 aromatic rings. The van der Waals surface area contributed by atoms with Crippen LogP contribution in [-0.2, 0) is 19.6 Å². The van der Waals surface area contributed by atoms with Crippen LogP contribution in [0.15, 0.2) is 30.6 Å². The van der Waals surface area contributed by atoms with Crippen molar-refractivity contribution in [3.63, 3.8) is 0 Å². The van der Waals surface area contributed by atoms with E-state index in [0.717, 1.165) is 17.7 Å². The number of aliphatic hydroxyl groups is 1. The van der Waals surface area contributed by atoms with Crippen molar-refractivity contribution in [2.75, 3.05) is 11.9 Å². The van der Waals surface area contributed by atoms with Crippen molar-refractivity contribution >= 4 is 11.4 Å². The fourth-order valence-electron chi connectivity index (χ4n) is 2.22. The van der Waals surface area contributed by atoms with Gasteiger partial charge in [0.2, 0.25) is 0 Å². The van der Waals surface area contributed by atoms with E-state index in [9.17, 15) is 28.4 Å². The molecule has 10 heteroatoms. The Morgan fingerprint density at radius 2 is 2.17 bits per heavy atom. The van der Waals surface area contributed by atoms with Crippen LogP contribution in [0.4, 0.5) is 24.5 Å². The quantitative estimate of drug-likeness (QED) is 0.620. The van der Waals surface area contributed by atoms with E-state index >= 15 is 0 Å². The van der Waals surface area contributed by atoms with E-state index in [2.05, 4.69) is 10.4 Å². The van der Waals surface area contributed by atoms with Crippen molar-refractivity contribution < 1.29 is 23.2 Å². The molecule has 1 aromatic heterocycles. The van der Waals surface area contributed by atoms with Gasteiger partial charge in [0.1, 0.15) is 5.69 Å². The van der Waals surface area contributed by atoms with Crippen molar-refractivity contribution in [3.8, 4) is 0 Å². The van der Waals surface area contributed by atoms with Gasteiger partial charge >= 0.3 is 6.18 Å². The maximum absolute atomic E-state index is 12.7. The number of aromatic nitrogens is 2. The first-order valence-corrected chi connectivity index (χ1v) is 6.91. The molecule has 130 valence electrons. The Balaban J connectivity index is 2.24. The molecule has 0 fully saturated rings. The van der Waals surface area contributed by atoms with Crippen LogP contribution in [-0.4, -0.2) is 32.5 Å². The van der Waals surface area contributed by atoms with Gasteiger partial charge in [-0.25, -0.2) is 0 Å². The molecule has 0 aliphatic carbocycles. The van der Waals surface area contributed by atoms with E-state index in [1.165, 1.54) is 0 Å². The number of aryl methyl sites for hydroxylation is 1. The number of benzene rings is 1. The Bertz CT molecular complexity index is 730. The van der Waals surface area contributed by atoms with Gasteiger partial charge in [0.05, 0.1) is 29.3 Å². The molecule has 24 heavy (non-hydrogen) atoms. The molecule has 1 heterocycles. The molecule has 1 aromatic carbocycles. The summed E-state index contributed by atoms with van der Waals surface area (Å²) in [6.45, 7) is -0.354. The van der Waals surface area contributed by atoms with Gasteiger partial charge < -0.3 is 10.4 Å². The zero-order chi connectivity index (χ0) is 17.9. The summed E-state index contributed by atoms with van der Waals surface area (Å²) in [7, 11) is 1.71. The second-order valence-corrected chi connectivity index (χ2v) is 5.24. The van der Waals surface area contributed by atoms with Gasteiger partial charge in [-0.15, -0.1) is 0 Å². The number of hydrogen-bond donors (Lipinski definition) is 2. The lowest BCUT2D eigenvalue weighted by Crippen LogP contribution is -2.26. The normalized spacial score (nSPS) is 12.9. The second-order valence-electron chi connectivity index (χ2n) is 5.24. The third-order valence-electron chi connectivity index (χ3n) is 3.34. The van der Waals surface area contributed by atoms with Crippen LogP contribution in [0.25, 0.3) is 0 Å². The molecule has 7 nitrogen and oxygen atoms in total. The molecule has 0 saturated heterocycles. The number of nitrogens with one attached hydrogen (secondary N) is 1. The summed E-state index contributed by atoms with van der Waals surface area (Å²) < 4.78 is 39.6. The highest BCUT2D eigenvalue weighted by molar-refractivity contribution is 5.63. The number of rotatable bonds is 6. The molecular weight excluding hydrogens is 329 g/mol. The molecule has 0 spiro atoms. The summed E-state index contributed by atoms with van der Waals surface area (Å²) in [5.41, 5.74) is -1.11. The predicted molar refractivity (Wildman–Crippen MR) is 79.5 cm³/mol. The van der Waals surface area contributed by atoms with Crippen molar-refractivity contribution in [1.82, 2.24) is 9.78 Å². The Hall–Kier alpha value is -2.62. The van der Waals surface area contributed by atoms with Gasteiger partial charge in [0.15, 0.2) is 0 Å². The summed E-state index contributed by atoms with van der Waals surface area (Å²) in [5.74, 6) is 0. The van der Waals surface area contributed by atoms with Crippen molar-refractivity contribution in [2.45, 2.75) is 18.6 Å². The Labute approximate surface area is 134 Å². The van der Waals surface area contributed by atoms with Gasteiger partial charge in [-0.2, -0.15) is 18.3 Å². The topological polar surface area (TPSA) is 93.2 Å². The molecule has 2 rings (SSSR count). The number of nitrogens with zero attached hydrogens (tertiary/aromatic N) is 3. The van der Waals surface area contributed by atoms with E-state index in [-0.39, 0.29) is 12.3 Å². The molecule has 0 aliphatic rings. The van der Waals surface area contributed by atoms with Crippen molar-refractivity contribution in [3.05, 3.63) is 51.8 Å². The number of nitro benzene ring substituents is 1. The SMILES string of the molecule is Cn1cc(CC(CO)Nc2ccc(C(F)(F)F)cc2[N+](=O)[O-])cn1. The fraction of sp³-hybridized carbons (Fsp3) is 0.357. The number of hydrogen-bond acceptors (Lipinski definition) is 5. The summed E-state index contributed by atoms with van der Waals surface area (Å²) in [5, 5.41) is 27.2. The van der Waals surface area contributed by atoms with Crippen molar-refractivity contribution in [2.24, 2.45) is 7.05 Å². The van der Waals surface area contributed by atoms with E-state index in [1.807, 2.05) is 0 Å². The van der Waals surface area contributed by atoms with Crippen LogP contribution in [0.2, 0.25) is 0 Å². The van der Waals surface area contributed by atoms with Gasteiger partial charge in [-0.3, -0.25) is 14.8 Å². The summed E-state index contributed by atoms with van der Waals surface area (Å²) in [6, 6.07) is 1.62. The lowest BCUT2D eigenvalue weighted by atomic mass is 10.1. The van der Waals surface area contributed by atoms with Crippen LogP contribution in [0, 0.1) is 10.1 Å². The third kappa shape index (κ3) is 4.22. The van der Waals surface area contributed by atoms with Crippen LogP contribution in [0.1, 0.15) is 11.1 Å². The minimum atomic E-state index is -4.67. The maximum Gasteiger partial charge on any atom is 0.416 e. The Morgan fingerprint density at radius 1 is 1.46 bits per heavy atom. The fourth-order valence-corrected chi connectivity index (χ4v) is 2.22. The van der Waals surface area contributed by atoms with Crippen molar-refractivity contribution in [1.29, 1.82) is 0 Å². The van der Waals surface area contributed by atoms with Gasteiger partial charge in [-0.1, -0.05) is 0 Å². The third-order valence-corrected chi connectivity index (χ3v) is 3.34. The summed E-state index contributed by atoms with van der Waals surface area (Å²) in [6.07, 6.45) is -1.07. The minimum absolute atomic E-state index is 0.0871. The number of nitro groups is 1. The molecule has 0 radical (unpaired) electrons. The van der Waals surface area contributed by atoms with Gasteiger partial charge in [0.25, 0.3) is 5.69 Å². The monoisotopic (exact) mass is 344 g/mol. The zero-order valence-electron chi connectivity index (χ0n) is 12.6. The minimum Gasteiger partial charge on any atom is -0.394 e. The van der Waals surface area contributed by atoms with Gasteiger partial charge in [-0.05, 0) is 24.1 Å². The molecule has 0 amide bonds. The van der Waals surface area contributed by atoms with Crippen LogP contribution in [0.3, 0.4) is 0 Å².